The Morgan fingerprint density at radius 1 is 1.46 bits per heavy atom. The van der Waals surface area contributed by atoms with Crippen LogP contribution in [0.3, 0.4) is 0 Å². The van der Waals surface area contributed by atoms with Gasteiger partial charge in [0.15, 0.2) is 18.1 Å². The lowest BCUT2D eigenvalue weighted by Crippen LogP contribution is -2.10. The van der Waals surface area contributed by atoms with E-state index in [1.165, 1.54) is 41.2 Å². The minimum atomic E-state index is -1.24. The van der Waals surface area contributed by atoms with E-state index in [-0.39, 0.29) is 17.2 Å². The third-order valence-electron chi connectivity index (χ3n) is 2.95. The number of hydrogen-bond acceptors (Lipinski definition) is 6. The number of aliphatic carboxylic acids is 1. The van der Waals surface area contributed by atoms with Crippen molar-refractivity contribution in [3.8, 4) is 5.75 Å². The fourth-order valence-electron chi connectivity index (χ4n) is 1.86. The Bertz CT molecular complexity index is 824. The number of nitro benzene ring substituents is 1. The van der Waals surface area contributed by atoms with Crippen molar-refractivity contribution in [2.24, 2.45) is 7.05 Å². The van der Waals surface area contributed by atoms with Crippen LogP contribution in [0.1, 0.15) is 15.9 Å². The molecular weight excluding hydrogens is 318 g/mol. The molecule has 0 atom stereocenters. The monoisotopic (exact) mass is 331 g/mol. The number of allylic oxidation sites excluding steroid dienone is 1. The van der Waals surface area contributed by atoms with Gasteiger partial charge in [0.25, 0.3) is 0 Å². The van der Waals surface area contributed by atoms with Crippen LogP contribution in [0.25, 0.3) is 6.08 Å². The van der Waals surface area contributed by atoms with E-state index in [2.05, 4.69) is 5.10 Å². The highest BCUT2D eigenvalue weighted by molar-refractivity contribution is 6.06. The molecule has 0 bridgehead atoms. The number of carbonyl (C=O) groups is 2. The number of carbonyl (C=O) groups excluding carboxylic acids is 1. The minimum absolute atomic E-state index is 0.155. The SMILES string of the molecule is Cn1cc(C(=O)/C=C/c2ccc(OCC(=O)O)c([N+](=O)[O-])c2)cn1. The number of nitro groups is 1. The predicted octanol–water partition coefficient (Wildman–Crippen LogP) is 1.69. The van der Waals surface area contributed by atoms with Crippen molar-refractivity contribution in [1.29, 1.82) is 0 Å². The van der Waals surface area contributed by atoms with Gasteiger partial charge < -0.3 is 9.84 Å². The summed E-state index contributed by atoms with van der Waals surface area (Å²) in [6.07, 6.45) is 5.66. The number of ether oxygens (including phenoxy) is 1. The van der Waals surface area contributed by atoms with Gasteiger partial charge in [-0.3, -0.25) is 19.6 Å². The van der Waals surface area contributed by atoms with Gasteiger partial charge in [0, 0.05) is 19.3 Å². The molecular formula is C15H13N3O6. The van der Waals surface area contributed by atoms with Crippen molar-refractivity contribution in [3.05, 3.63) is 57.9 Å². The summed E-state index contributed by atoms with van der Waals surface area (Å²) in [4.78, 5) is 32.8. The summed E-state index contributed by atoms with van der Waals surface area (Å²) in [5.41, 5.74) is 0.415. The molecule has 0 saturated carbocycles. The molecule has 24 heavy (non-hydrogen) atoms. The second kappa shape index (κ2) is 7.18. The Kier molecular flexibility index (Phi) is 5.05. The summed E-state index contributed by atoms with van der Waals surface area (Å²) >= 11 is 0. The number of nitrogens with zero attached hydrogens (tertiary/aromatic N) is 3. The van der Waals surface area contributed by atoms with Crippen molar-refractivity contribution in [2.75, 3.05) is 6.61 Å². The number of carboxylic acid groups (broad SMARTS) is 1. The van der Waals surface area contributed by atoms with Crippen LogP contribution in [0.5, 0.6) is 5.75 Å². The summed E-state index contributed by atoms with van der Waals surface area (Å²) in [6, 6.07) is 3.97. The molecule has 124 valence electrons. The molecule has 2 rings (SSSR count). The second-order valence-electron chi connectivity index (χ2n) is 4.77. The van der Waals surface area contributed by atoms with E-state index in [0.29, 0.717) is 11.1 Å². The standard InChI is InChI=1S/C15H13N3O6/c1-17-8-11(7-16-17)13(19)4-2-10-3-5-14(24-9-15(20)21)12(6-10)18(22)23/h2-8H,9H2,1H3,(H,20,21)/b4-2+. The van der Waals surface area contributed by atoms with Crippen LogP contribution in [0.4, 0.5) is 5.69 Å². The van der Waals surface area contributed by atoms with Crippen molar-refractivity contribution >= 4 is 23.5 Å². The van der Waals surface area contributed by atoms with Gasteiger partial charge in [0.2, 0.25) is 0 Å². The maximum Gasteiger partial charge on any atom is 0.341 e. The fourth-order valence-corrected chi connectivity index (χ4v) is 1.86. The maximum absolute atomic E-state index is 11.9. The third kappa shape index (κ3) is 4.26. The molecule has 0 fully saturated rings. The summed E-state index contributed by atoms with van der Waals surface area (Å²) in [5.74, 6) is -1.69. The van der Waals surface area contributed by atoms with Gasteiger partial charge in [-0.05, 0) is 17.7 Å². The first-order valence-corrected chi connectivity index (χ1v) is 6.71. The summed E-state index contributed by atoms with van der Waals surface area (Å²) < 4.78 is 6.36. The molecule has 0 saturated heterocycles. The number of benzene rings is 1. The molecule has 0 amide bonds. The largest absolute Gasteiger partial charge is 0.479 e. The molecule has 0 radical (unpaired) electrons. The van der Waals surface area contributed by atoms with E-state index < -0.39 is 17.5 Å². The Morgan fingerprint density at radius 2 is 2.21 bits per heavy atom. The molecule has 0 unspecified atom stereocenters. The molecule has 1 N–H and O–H groups in total. The van der Waals surface area contributed by atoms with Gasteiger partial charge in [0.05, 0.1) is 16.7 Å². The quantitative estimate of drug-likeness (QED) is 0.354. The predicted molar refractivity (Wildman–Crippen MR) is 82.8 cm³/mol. The van der Waals surface area contributed by atoms with E-state index in [0.717, 1.165) is 0 Å². The van der Waals surface area contributed by atoms with E-state index in [1.54, 1.807) is 13.2 Å². The van der Waals surface area contributed by atoms with Crippen LogP contribution in [-0.2, 0) is 11.8 Å². The number of rotatable bonds is 7. The first kappa shape index (κ1) is 16.9. The molecule has 9 heteroatoms. The van der Waals surface area contributed by atoms with Crippen LogP contribution < -0.4 is 4.74 Å². The number of aryl methyl sites for hydroxylation is 1. The molecule has 0 aliphatic heterocycles. The van der Waals surface area contributed by atoms with Crippen molar-refractivity contribution in [3.63, 3.8) is 0 Å². The minimum Gasteiger partial charge on any atom is -0.479 e. The summed E-state index contributed by atoms with van der Waals surface area (Å²) in [5, 5.41) is 23.5. The van der Waals surface area contributed by atoms with Gasteiger partial charge in [-0.15, -0.1) is 0 Å². The van der Waals surface area contributed by atoms with Gasteiger partial charge in [-0.2, -0.15) is 5.10 Å². The normalized spacial score (nSPS) is 10.7. The fraction of sp³-hybridized carbons (Fsp3) is 0.133. The van der Waals surface area contributed by atoms with Crippen LogP contribution in [-0.4, -0.2) is 38.2 Å². The highest BCUT2D eigenvalue weighted by Crippen LogP contribution is 2.28. The van der Waals surface area contributed by atoms with Crippen LogP contribution in [0.2, 0.25) is 0 Å². The molecule has 0 aliphatic rings. The zero-order valence-corrected chi connectivity index (χ0v) is 12.6. The van der Waals surface area contributed by atoms with E-state index in [1.807, 2.05) is 0 Å². The van der Waals surface area contributed by atoms with Gasteiger partial charge in [-0.25, -0.2) is 4.79 Å². The topological polar surface area (TPSA) is 125 Å². The number of aromatic nitrogens is 2. The van der Waals surface area contributed by atoms with E-state index in [9.17, 15) is 19.7 Å². The van der Waals surface area contributed by atoms with Gasteiger partial charge in [0.1, 0.15) is 0 Å². The molecule has 2 aromatic rings. The zero-order chi connectivity index (χ0) is 17.7. The number of ketones is 1. The third-order valence-corrected chi connectivity index (χ3v) is 2.95. The first-order valence-electron chi connectivity index (χ1n) is 6.71. The summed E-state index contributed by atoms with van der Waals surface area (Å²) in [6.45, 7) is -0.685. The highest BCUT2D eigenvalue weighted by atomic mass is 16.6. The number of carboxylic acids is 1. The van der Waals surface area contributed by atoms with Crippen molar-refractivity contribution in [2.45, 2.75) is 0 Å². The summed E-state index contributed by atoms with van der Waals surface area (Å²) in [7, 11) is 1.68. The molecule has 0 aliphatic carbocycles. The lowest BCUT2D eigenvalue weighted by atomic mass is 10.1. The molecule has 0 spiro atoms. The van der Waals surface area contributed by atoms with Crippen molar-refractivity contribution in [1.82, 2.24) is 9.78 Å². The average molecular weight is 331 g/mol. The first-order chi connectivity index (χ1) is 11.4. The highest BCUT2D eigenvalue weighted by Gasteiger charge is 2.16. The Morgan fingerprint density at radius 3 is 2.79 bits per heavy atom. The average Bonchev–Trinajstić information content (AvgIpc) is 2.97. The van der Waals surface area contributed by atoms with Gasteiger partial charge in [-0.1, -0.05) is 12.1 Å². The van der Waals surface area contributed by atoms with Crippen LogP contribution >= 0.6 is 0 Å². The Hall–Kier alpha value is -3.49. The van der Waals surface area contributed by atoms with E-state index in [4.69, 9.17) is 9.84 Å². The van der Waals surface area contributed by atoms with E-state index >= 15 is 0 Å². The molecule has 1 aromatic carbocycles. The van der Waals surface area contributed by atoms with Crippen LogP contribution in [0.15, 0.2) is 36.7 Å². The van der Waals surface area contributed by atoms with Crippen LogP contribution in [0, 0.1) is 10.1 Å². The molecule has 1 aromatic heterocycles. The zero-order valence-electron chi connectivity index (χ0n) is 12.6. The smallest absolute Gasteiger partial charge is 0.341 e. The number of hydrogen-bond donors (Lipinski definition) is 1. The molecule has 9 nitrogen and oxygen atoms in total. The lowest BCUT2D eigenvalue weighted by Gasteiger charge is -2.04. The molecule has 1 heterocycles. The van der Waals surface area contributed by atoms with Crippen molar-refractivity contribution < 1.29 is 24.4 Å². The van der Waals surface area contributed by atoms with Gasteiger partial charge >= 0.3 is 11.7 Å². The lowest BCUT2D eigenvalue weighted by molar-refractivity contribution is -0.385. The Balaban J connectivity index is 2.20. The second-order valence-corrected chi connectivity index (χ2v) is 4.77. The Labute approximate surface area is 135 Å². The maximum atomic E-state index is 11.9.